The molecule has 0 amide bonds. The maximum absolute atomic E-state index is 9.52. The van der Waals surface area contributed by atoms with Gasteiger partial charge in [-0.1, -0.05) is 36.4 Å². The van der Waals surface area contributed by atoms with Crippen LogP contribution in [-0.4, -0.2) is 37.7 Å². The molecule has 0 aliphatic carbocycles. The number of quaternary nitrogens is 1. The van der Waals surface area contributed by atoms with E-state index in [0.29, 0.717) is 17.5 Å². The van der Waals surface area contributed by atoms with Crippen molar-refractivity contribution in [2.45, 2.75) is 6.92 Å². The summed E-state index contributed by atoms with van der Waals surface area (Å²) >= 11 is 0. The molecule has 1 aliphatic rings. The van der Waals surface area contributed by atoms with E-state index in [1.165, 1.54) is 0 Å². The van der Waals surface area contributed by atoms with Crippen LogP contribution in [0.3, 0.4) is 0 Å². The highest BCUT2D eigenvalue weighted by atomic mass is 16.4. The molecule has 0 radical (unpaired) electrons. The van der Waals surface area contributed by atoms with Gasteiger partial charge in [0.15, 0.2) is 0 Å². The normalized spacial score (nSPS) is 15.4. The fraction of sp³-hybridized carbons (Fsp3) is 0.300. The molecule has 0 unspecified atom stereocenters. The molecule has 0 bridgehead atoms. The van der Waals surface area contributed by atoms with E-state index in [2.05, 4.69) is 41.1 Å². The summed E-state index contributed by atoms with van der Waals surface area (Å²) in [5.74, 6) is 1.13. The summed E-state index contributed by atoms with van der Waals surface area (Å²) in [5, 5.41) is 11.7. The summed E-state index contributed by atoms with van der Waals surface area (Å²) in [6.07, 6.45) is 0. The molecule has 4 rings (SSSR count). The first-order valence-electron chi connectivity index (χ1n) is 8.77. The van der Waals surface area contributed by atoms with Crippen LogP contribution in [0.25, 0.3) is 22.2 Å². The van der Waals surface area contributed by atoms with E-state index >= 15 is 0 Å². The number of anilines is 1. The van der Waals surface area contributed by atoms with Crippen molar-refractivity contribution in [1.82, 2.24) is 4.98 Å². The van der Waals surface area contributed by atoms with Gasteiger partial charge in [0.2, 0.25) is 17.5 Å². The molecule has 5 nitrogen and oxygen atoms in total. The van der Waals surface area contributed by atoms with Gasteiger partial charge in [-0.05, 0) is 23.8 Å². The molecule has 1 fully saturated rings. The van der Waals surface area contributed by atoms with Gasteiger partial charge in [0.05, 0.1) is 32.7 Å². The Kier molecular flexibility index (Phi) is 4.12. The number of nitrogens with zero attached hydrogens (tertiary/aromatic N) is 3. The monoisotopic (exact) mass is 333 g/mol. The molecule has 3 aromatic rings. The van der Waals surface area contributed by atoms with Crippen molar-refractivity contribution in [2.24, 2.45) is 0 Å². The molecule has 0 saturated carbocycles. The van der Waals surface area contributed by atoms with Crippen molar-refractivity contribution in [3.8, 4) is 17.5 Å². The third-order valence-corrected chi connectivity index (χ3v) is 4.99. The van der Waals surface area contributed by atoms with Crippen LogP contribution in [-0.2, 0) is 0 Å². The van der Waals surface area contributed by atoms with Gasteiger partial charge < -0.3 is 14.2 Å². The molecule has 1 aromatic heterocycles. The molecule has 0 spiro atoms. The van der Waals surface area contributed by atoms with Crippen molar-refractivity contribution in [1.29, 1.82) is 5.26 Å². The summed E-state index contributed by atoms with van der Waals surface area (Å²) in [4.78, 5) is 8.23. The number of piperazine rings is 1. The summed E-state index contributed by atoms with van der Waals surface area (Å²) in [6.45, 7) is 7.25. The number of likely N-dealkylation sites (N-methyl/N-ethyl adjacent to an activating group) is 1. The standard InChI is InChI=1S/C20H20N4O/c1-2-23-10-12-24(13-11-23)20-18(14-21)22-19(25-20)17-9-5-7-15-6-3-4-8-16(15)17/h3-9H,2,10-13H2,1H3/p+1. The molecule has 25 heavy (non-hydrogen) atoms. The second-order valence-corrected chi connectivity index (χ2v) is 6.40. The summed E-state index contributed by atoms with van der Waals surface area (Å²) in [5.41, 5.74) is 1.31. The van der Waals surface area contributed by atoms with E-state index in [1.807, 2.05) is 24.3 Å². The minimum absolute atomic E-state index is 0.378. The average Bonchev–Trinajstić information content (AvgIpc) is 3.12. The predicted octanol–water partition coefficient (Wildman–Crippen LogP) is 2.09. The lowest BCUT2D eigenvalue weighted by atomic mass is 10.0. The first kappa shape index (κ1) is 15.7. The molecule has 1 aliphatic heterocycles. The van der Waals surface area contributed by atoms with Crippen LogP contribution in [0.15, 0.2) is 46.9 Å². The fourth-order valence-corrected chi connectivity index (χ4v) is 3.51. The van der Waals surface area contributed by atoms with Crippen molar-refractivity contribution < 1.29 is 9.32 Å². The van der Waals surface area contributed by atoms with E-state index in [4.69, 9.17) is 4.42 Å². The van der Waals surface area contributed by atoms with E-state index in [-0.39, 0.29) is 0 Å². The van der Waals surface area contributed by atoms with Gasteiger partial charge in [-0.25, -0.2) is 0 Å². The minimum atomic E-state index is 0.378. The number of hydrogen-bond donors (Lipinski definition) is 1. The Balaban J connectivity index is 1.73. The lowest BCUT2D eigenvalue weighted by molar-refractivity contribution is -0.898. The fourth-order valence-electron chi connectivity index (χ4n) is 3.51. The van der Waals surface area contributed by atoms with Crippen molar-refractivity contribution in [3.05, 3.63) is 48.2 Å². The highest BCUT2D eigenvalue weighted by Gasteiger charge is 2.26. The SMILES string of the molecule is CC[NH+]1CCN(c2oc(-c3cccc4ccccc34)nc2C#N)CC1. The second-order valence-electron chi connectivity index (χ2n) is 6.40. The van der Waals surface area contributed by atoms with Gasteiger partial charge in [-0.3, -0.25) is 0 Å². The Labute approximate surface area is 147 Å². The molecular formula is C20H21N4O+. The van der Waals surface area contributed by atoms with E-state index in [1.54, 1.807) is 4.90 Å². The molecule has 0 atom stereocenters. The number of aromatic nitrogens is 1. The first-order chi connectivity index (χ1) is 12.3. The zero-order chi connectivity index (χ0) is 17.2. The maximum atomic E-state index is 9.52. The van der Waals surface area contributed by atoms with Gasteiger partial charge >= 0.3 is 0 Å². The molecular weight excluding hydrogens is 312 g/mol. The highest BCUT2D eigenvalue weighted by molar-refractivity contribution is 5.94. The van der Waals surface area contributed by atoms with Gasteiger partial charge in [0.25, 0.3) is 0 Å². The Morgan fingerprint density at radius 3 is 2.68 bits per heavy atom. The lowest BCUT2D eigenvalue weighted by Crippen LogP contribution is -3.14. The third kappa shape index (κ3) is 2.86. The molecule has 1 saturated heterocycles. The topological polar surface area (TPSA) is 57.5 Å². The van der Waals surface area contributed by atoms with Crippen LogP contribution in [0.4, 0.5) is 5.88 Å². The largest absolute Gasteiger partial charge is 0.419 e. The molecule has 5 heteroatoms. The second kappa shape index (κ2) is 6.58. The Hall–Kier alpha value is -2.84. The van der Waals surface area contributed by atoms with Crippen LogP contribution in [0.5, 0.6) is 0 Å². The van der Waals surface area contributed by atoms with Crippen LogP contribution >= 0.6 is 0 Å². The molecule has 2 heterocycles. The Morgan fingerprint density at radius 2 is 1.92 bits per heavy atom. The summed E-state index contributed by atoms with van der Waals surface area (Å²) in [7, 11) is 0. The van der Waals surface area contributed by atoms with E-state index in [0.717, 1.165) is 49.1 Å². The predicted molar refractivity (Wildman–Crippen MR) is 97.6 cm³/mol. The number of rotatable bonds is 3. The van der Waals surface area contributed by atoms with Crippen molar-refractivity contribution >= 4 is 16.7 Å². The van der Waals surface area contributed by atoms with Gasteiger partial charge in [0.1, 0.15) is 6.07 Å². The van der Waals surface area contributed by atoms with Crippen LogP contribution < -0.4 is 9.80 Å². The lowest BCUT2D eigenvalue weighted by Gasteiger charge is -2.31. The Bertz CT molecular complexity index is 927. The van der Waals surface area contributed by atoms with Gasteiger partial charge in [-0.15, -0.1) is 0 Å². The summed E-state index contributed by atoms with van der Waals surface area (Å²) < 4.78 is 6.09. The van der Waals surface area contributed by atoms with Gasteiger partial charge in [0, 0.05) is 5.56 Å². The van der Waals surface area contributed by atoms with Crippen molar-refractivity contribution in [2.75, 3.05) is 37.6 Å². The van der Waals surface area contributed by atoms with Crippen molar-refractivity contribution in [3.63, 3.8) is 0 Å². The van der Waals surface area contributed by atoms with Crippen LogP contribution in [0.1, 0.15) is 12.6 Å². The number of hydrogen-bond acceptors (Lipinski definition) is 4. The van der Waals surface area contributed by atoms with Crippen LogP contribution in [0, 0.1) is 11.3 Å². The number of fused-ring (bicyclic) bond motifs is 1. The zero-order valence-electron chi connectivity index (χ0n) is 14.3. The molecule has 1 N–H and O–H groups in total. The number of oxazole rings is 1. The van der Waals surface area contributed by atoms with E-state index in [9.17, 15) is 5.26 Å². The number of nitriles is 1. The average molecular weight is 333 g/mol. The number of nitrogens with one attached hydrogen (secondary N) is 1. The third-order valence-electron chi connectivity index (χ3n) is 4.99. The van der Waals surface area contributed by atoms with E-state index < -0.39 is 0 Å². The van der Waals surface area contributed by atoms with Gasteiger partial charge in [-0.2, -0.15) is 10.2 Å². The quantitative estimate of drug-likeness (QED) is 0.797. The molecule has 126 valence electrons. The smallest absolute Gasteiger partial charge is 0.235 e. The Morgan fingerprint density at radius 1 is 1.16 bits per heavy atom. The number of benzene rings is 2. The molecule has 2 aromatic carbocycles. The maximum Gasteiger partial charge on any atom is 0.235 e. The zero-order valence-corrected chi connectivity index (χ0v) is 14.3. The first-order valence-corrected chi connectivity index (χ1v) is 8.77. The summed E-state index contributed by atoms with van der Waals surface area (Å²) in [6, 6.07) is 16.4. The minimum Gasteiger partial charge on any atom is -0.419 e. The van der Waals surface area contributed by atoms with Crippen LogP contribution in [0.2, 0.25) is 0 Å². The highest BCUT2D eigenvalue weighted by Crippen LogP contribution is 2.32.